The lowest BCUT2D eigenvalue weighted by Crippen LogP contribution is -2.55. The Labute approximate surface area is 98.9 Å². The van der Waals surface area contributed by atoms with Crippen molar-refractivity contribution in [3.63, 3.8) is 0 Å². The van der Waals surface area contributed by atoms with Crippen molar-refractivity contribution in [1.29, 1.82) is 0 Å². The van der Waals surface area contributed by atoms with E-state index in [0.29, 0.717) is 0 Å². The molecule has 1 rings (SSSR count). The largest absolute Gasteiger partial charge is 0.726 e. The molecule has 0 bridgehead atoms. The summed E-state index contributed by atoms with van der Waals surface area (Å²) < 4.78 is 32.2. The van der Waals surface area contributed by atoms with Crippen LogP contribution in [0.3, 0.4) is 0 Å². The van der Waals surface area contributed by atoms with Crippen LogP contribution in [-0.4, -0.2) is 50.7 Å². The van der Waals surface area contributed by atoms with Crippen LogP contribution in [0.4, 0.5) is 0 Å². The molecule has 0 aromatic heterocycles. The van der Waals surface area contributed by atoms with Gasteiger partial charge in [0.1, 0.15) is 0 Å². The molecule has 0 radical (unpaired) electrons. The van der Waals surface area contributed by atoms with E-state index in [1.807, 2.05) is 0 Å². The highest BCUT2D eigenvalue weighted by molar-refractivity contribution is 7.80. The van der Waals surface area contributed by atoms with Crippen LogP contribution in [0.1, 0.15) is 33.1 Å². The molecule has 1 saturated heterocycles. The summed E-state index contributed by atoms with van der Waals surface area (Å²) in [5.41, 5.74) is 0. The number of rotatable bonds is 1. The van der Waals surface area contributed by atoms with Crippen LogP contribution >= 0.6 is 0 Å². The molecular weight excluding hydrogens is 230 g/mol. The lowest BCUT2D eigenvalue weighted by molar-refractivity contribution is -0.940. The molecule has 5 nitrogen and oxygen atoms in total. The molecule has 0 amide bonds. The van der Waals surface area contributed by atoms with Crippen LogP contribution < -0.4 is 0 Å². The molecule has 98 valence electrons. The van der Waals surface area contributed by atoms with Crippen molar-refractivity contribution in [1.82, 2.24) is 0 Å². The second-order valence-corrected chi connectivity index (χ2v) is 5.98. The summed E-state index contributed by atoms with van der Waals surface area (Å²) in [5.74, 6) is 0. The van der Waals surface area contributed by atoms with Crippen LogP contribution in [0.25, 0.3) is 0 Å². The first-order valence-corrected chi connectivity index (χ1v) is 6.79. The maximum Gasteiger partial charge on any atom is 0.217 e. The van der Waals surface area contributed by atoms with Gasteiger partial charge >= 0.3 is 0 Å². The SMILES string of the molecule is CC1CCCC(C)[N+]1(C)C.COS(=O)(=O)[O-]. The highest BCUT2D eigenvalue weighted by Crippen LogP contribution is 2.26. The quantitative estimate of drug-likeness (QED) is 0.399. The Kier molecular flexibility index (Phi) is 5.89. The van der Waals surface area contributed by atoms with Gasteiger partial charge in [-0.15, -0.1) is 0 Å². The van der Waals surface area contributed by atoms with E-state index in [0.717, 1.165) is 19.2 Å². The third kappa shape index (κ3) is 5.25. The summed E-state index contributed by atoms with van der Waals surface area (Å²) in [6.45, 7) is 4.74. The Morgan fingerprint density at radius 1 is 1.19 bits per heavy atom. The van der Waals surface area contributed by atoms with Crippen molar-refractivity contribution in [2.24, 2.45) is 0 Å². The minimum atomic E-state index is -4.41. The van der Waals surface area contributed by atoms with E-state index in [1.54, 1.807) is 0 Å². The van der Waals surface area contributed by atoms with Gasteiger partial charge in [-0.05, 0) is 33.1 Å². The Balaban J connectivity index is 0.000000325. The third-order valence-corrected chi connectivity index (χ3v) is 4.13. The van der Waals surface area contributed by atoms with Gasteiger partial charge in [-0.1, -0.05) is 0 Å². The van der Waals surface area contributed by atoms with Crippen LogP contribution in [0.15, 0.2) is 0 Å². The number of nitrogens with zero attached hydrogens (tertiary/aromatic N) is 1. The molecular formula is C10H23NO4S. The fourth-order valence-electron chi connectivity index (χ4n) is 1.81. The number of likely N-dealkylation sites (tertiary alicyclic amines) is 1. The molecule has 0 N–H and O–H groups in total. The van der Waals surface area contributed by atoms with Gasteiger partial charge in [-0.3, -0.25) is 4.18 Å². The summed E-state index contributed by atoms with van der Waals surface area (Å²) in [6.07, 6.45) is 4.26. The maximum atomic E-state index is 9.22. The van der Waals surface area contributed by atoms with Gasteiger partial charge in [0.15, 0.2) is 0 Å². The molecule has 0 aromatic carbocycles. The topological polar surface area (TPSA) is 66.4 Å². The molecule has 1 heterocycles. The first-order valence-electron chi connectivity index (χ1n) is 5.46. The van der Waals surface area contributed by atoms with Crippen LogP contribution in [0, 0.1) is 0 Å². The zero-order chi connectivity index (χ0) is 13.0. The van der Waals surface area contributed by atoms with Gasteiger partial charge in [-0.2, -0.15) is 0 Å². The maximum absolute atomic E-state index is 9.22. The van der Waals surface area contributed by atoms with Gasteiger partial charge in [0.25, 0.3) is 0 Å². The minimum Gasteiger partial charge on any atom is -0.726 e. The van der Waals surface area contributed by atoms with Crippen molar-refractivity contribution in [2.75, 3.05) is 21.2 Å². The van der Waals surface area contributed by atoms with Crippen molar-refractivity contribution in [3.8, 4) is 0 Å². The van der Waals surface area contributed by atoms with E-state index in [2.05, 4.69) is 32.1 Å². The Morgan fingerprint density at radius 2 is 1.50 bits per heavy atom. The summed E-state index contributed by atoms with van der Waals surface area (Å²) in [7, 11) is 1.11. The van der Waals surface area contributed by atoms with Gasteiger partial charge < -0.3 is 9.04 Å². The molecule has 6 heteroatoms. The molecule has 1 aliphatic heterocycles. The Morgan fingerprint density at radius 3 is 1.69 bits per heavy atom. The molecule has 0 aliphatic carbocycles. The average molecular weight is 253 g/mol. The van der Waals surface area contributed by atoms with E-state index in [-0.39, 0.29) is 0 Å². The summed E-state index contributed by atoms with van der Waals surface area (Å²) >= 11 is 0. The second-order valence-electron chi connectivity index (χ2n) is 4.83. The monoisotopic (exact) mass is 253 g/mol. The van der Waals surface area contributed by atoms with Gasteiger partial charge in [0.2, 0.25) is 10.4 Å². The fraction of sp³-hybridized carbons (Fsp3) is 1.00. The molecule has 0 spiro atoms. The first kappa shape index (κ1) is 15.8. The van der Waals surface area contributed by atoms with Crippen LogP contribution in [0.5, 0.6) is 0 Å². The molecule has 16 heavy (non-hydrogen) atoms. The number of hydrogen-bond donors (Lipinski definition) is 0. The predicted octanol–water partition coefficient (Wildman–Crippen LogP) is 1.12. The standard InChI is InChI=1S/C9H20N.CH4O4S/c1-8-6-5-7-9(2)10(8,3)4;1-5-6(2,3)4/h8-9H,5-7H2,1-4H3;1H3,(H,2,3,4)/q+1;/p-1. The van der Waals surface area contributed by atoms with E-state index < -0.39 is 10.4 Å². The second kappa shape index (κ2) is 5.95. The van der Waals surface area contributed by atoms with Gasteiger partial charge in [-0.25, -0.2) is 8.42 Å². The van der Waals surface area contributed by atoms with E-state index in [1.165, 1.54) is 23.7 Å². The lowest BCUT2D eigenvalue weighted by atomic mass is 9.96. The van der Waals surface area contributed by atoms with Crippen LogP contribution in [0.2, 0.25) is 0 Å². The number of piperidine rings is 1. The van der Waals surface area contributed by atoms with Gasteiger partial charge in [0.05, 0.1) is 33.3 Å². The molecule has 0 saturated carbocycles. The average Bonchev–Trinajstić information content (AvgIpc) is 2.15. The normalized spacial score (nSPS) is 29.1. The lowest BCUT2D eigenvalue weighted by Gasteiger charge is -2.45. The zero-order valence-electron chi connectivity index (χ0n) is 10.8. The molecule has 0 aromatic rings. The fourth-order valence-corrected chi connectivity index (χ4v) is 1.81. The van der Waals surface area contributed by atoms with Gasteiger partial charge in [0, 0.05) is 0 Å². The highest BCUT2D eigenvalue weighted by Gasteiger charge is 2.33. The number of hydrogen-bond acceptors (Lipinski definition) is 4. The van der Waals surface area contributed by atoms with Crippen LogP contribution in [-0.2, 0) is 14.6 Å². The van der Waals surface area contributed by atoms with Crippen molar-refractivity contribution in [2.45, 2.75) is 45.2 Å². The Hall–Kier alpha value is -0.170. The highest BCUT2D eigenvalue weighted by atomic mass is 32.3. The predicted molar refractivity (Wildman–Crippen MR) is 61.6 cm³/mol. The van der Waals surface area contributed by atoms with E-state index in [9.17, 15) is 13.0 Å². The third-order valence-electron chi connectivity index (χ3n) is 3.72. The Bertz CT molecular complexity index is 288. The molecule has 2 atom stereocenters. The summed E-state index contributed by atoms with van der Waals surface area (Å²) in [6, 6.07) is 1.73. The molecule has 2 unspecified atom stereocenters. The molecule has 1 fully saturated rings. The molecule has 1 aliphatic rings. The van der Waals surface area contributed by atoms with Crippen molar-refractivity contribution >= 4 is 10.4 Å². The smallest absolute Gasteiger partial charge is 0.217 e. The van der Waals surface area contributed by atoms with E-state index >= 15 is 0 Å². The number of quaternary nitrogens is 1. The first-order chi connectivity index (χ1) is 7.11. The zero-order valence-corrected chi connectivity index (χ0v) is 11.6. The van der Waals surface area contributed by atoms with E-state index in [4.69, 9.17) is 0 Å². The minimum absolute atomic E-state index is 0.808. The summed E-state index contributed by atoms with van der Waals surface area (Å²) in [4.78, 5) is 0. The van der Waals surface area contributed by atoms with Crippen molar-refractivity contribution in [3.05, 3.63) is 0 Å². The van der Waals surface area contributed by atoms with Crippen molar-refractivity contribution < 1.29 is 21.6 Å². The summed E-state index contributed by atoms with van der Waals surface area (Å²) in [5, 5.41) is 0.